The molecule has 160 valence electrons. The first-order valence-electron chi connectivity index (χ1n) is 9.81. The van der Waals surface area contributed by atoms with Crippen LogP contribution in [0.3, 0.4) is 0 Å². The lowest BCUT2D eigenvalue weighted by molar-refractivity contribution is -0.123. The number of halogens is 1. The van der Waals surface area contributed by atoms with Crippen LogP contribution in [-0.4, -0.2) is 26.0 Å². The summed E-state index contributed by atoms with van der Waals surface area (Å²) in [5, 5.41) is 3.04. The molecule has 0 bridgehead atoms. The van der Waals surface area contributed by atoms with Crippen LogP contribution in [0.1, 0.15) is 49.2 Å². The van der Waals surface area contributed by atoms with Crippen molar-refractivity contribution in [3.63, 3.8) is 0 Å². The summed E-state index contributed by atoms with van der Waals surface area (Å²) in [6, 6.07) is 10.2. The first-order chi connectivity index (χ1) is 14.0. The third-order valence-corrected chi connectivity index (χ3v) is 7.57. The van der Waals surface area contributed by atoms with E-state index in [4.69, 9.17) is 11.6 Å². The summed E-state index contributed by atoms with van der Waals surface area (Å²) >= 11 is 6.23. The second kappa shape index (κ2) is 8.04. The molecular formula is C22H25ClN2O4S. The zero-order chi connectivity index (χ0) is 22.3. The molecule has 30 heavy (non-hydrogen) atoms. The van der Waals surface area contributed by atoms with Gasteiger partial charge in [-0.1, -0.05) is 43.6 Å². The van der Waals surface area contributed by atoms with E-state index in [1.165, 1.54) is 18.2 Å². The lowest BCUT2D eigenvalue weighted by Gasteiger charge is -2.20. The van der Waals surface area contributed by atoms with Gasteiger partial charge in [0.15, 0.2) is 0 Å². The molecule has 8 heteroatoms. The Bertz CT molecular complexity index is 1100. The molecule has 1 N–H and O–H groups in total. The minimum atomic E-state index is -3.87. The fourth-order valence-corrected chi connectivity index (χ4v) is 6.01. The fourth-order valence-electron chi connectivity index (χ4n) is 3.64. The van der Waals surface area contributed by atoms with E-state index in [1.807, 2.05) is 32.0 Å². The van der Waals surface area contributed by atoms with Gasteiger partial charge in [-0.2, -0.15) is 0 Å². The zero-order valence-electron chi connectivity index (χ0n) is 17.5. The van der Waals surface area contributed by atoms with Gasteiger partial charge < -0.3 is 5.32 Å². The molecule has 2 aromatic rings. The average molecular weight is 449 g/mol. The Balaban J connectivity index is 2.01. The van der Waals surface area contributed by atoms with E-state index < -0.39 is 27.3 Å². The van der Waals surface area contributed by atoms with E-state index in [1.54, 1.807) is 13.8 Å². The largest absolute Gasteiger partial charge is 0.321 e. The molecule has 0 atom stereocenters. The van der Waals surface area contributed by atoms with Gasteiger partial charge in [-0.05, 0) is 56.0 Å². The van der Waals surface area contributed by atoms with E-state index in [2.05, 4.69) is 5.32 Å². The number of anilines is 2. The number of nitrogens with one attached hydrogen (secondary N) is 1. The molecule has 1 heterocycles. The first kappa shape index (κ1) is 22.3. The summed E-state index contributed by atoms with van der Waals surface area (Å²) in [7, 11) is -3.87. The molecule has 0 aromatic heterocycles. The third-order valence-electron chi connectivity index (χ3n) is 5.25. The van der Waals surface area contributed by atoms with Gasteiger partial charge in [-0.25, -0.2) is 12.7 Å². The quantitative estimate of drug-likeness (QED) is 0.733. The van der Waals surface area contributed by atoms with Crippen molar-refractivity contribution in [3.8, 4) is 0 Å². The Morgan fingerprint density at radius 2 is 1.73 bits per heavy atom. The minimum absolute atomic E-state index is 0.000571. The van der Waals surface area contributed by atoms with Crippen LogP contribution in [0.15, 0.2) is 36.4 Å². The number of hydrogen-bond acceptors (Lipinski definition) is 4. The fraction of sp³-hybridized carbons (Fsp3) is 0.364. The van der Waals surface area contributed by atoms with Crippen LogP contribution in [-0.2, 0) is 27.7 Å². The number of carbonyl (C=O) groups is 2. The monoisotopic (exact) mass is 448 g/mol. The van der Waals surface area contributed by atoms with Crippen molar-refractivity contribution >= 4 is 44.8 Å². The number of benzene rings is 2. The van der Waals surface area contributed by atoms with E-state index >= 15 is 0 Å². The van der Waals surface area contributed by atoms with Crippen LogP contribution in [0.5, 0.6) is 0 Å². The summed E-state index contributed by atoms with van der Waals surface area (Å²) in [4.78, 5) is 25.7. The van der Waals surface area contributed by atoms with Gasteiger partial charge in [0.05, 0.1) is 21.9 Å². The molecule has 0 saturated carbocycles. The second-order valence-corrected chi connectivity index (χ2v) is 10.2. The SMILES string of the molecule is CCc1cccc(CC)c1NC(=O)c1ccc(Cl)c(N2C(=O)C(C)(C)CS2(=O)=O)c1. The van der Waals surface area contributed by atoms with Crippen molar-refractivity contribution in [2.24, 2.45) is 5.41 Å². The number of hydrogen-bond donors (Lipinski definition) is 1. The number of para-hydroxylation sites is 1. The standard InChI is InChI=1S/C22H25ClN2O4S/c1-5-14-8-7-9-15(6-2)19(14)24-20(26)16-10-11-17(23)18(12-16)25-21(27)22(3,4)13-30(25,28)29/h7-12H,5-6,13H2,1-4H3,(H,24,26). The Kier molecular flexibility index (Phi) is 5.98. The molecule has 1 fully saturated rings. The van der Waals surface area contributed by atoms with Crippen LogP contribution in [0.25, 0.3) is 0 Å². The lowest BCUT2D eigenvalue weighted by Crippen LogP contribution is -2.33. The molecule has 1 aliphatic heterocycles. The molecule has 0 radical (unpaired) electrons. The van der Waals surface area contributed by atoms with Gasteiger partial charge in [-0.3, -0.25) is 9.59 Å². The van der Waals surface area contributed by atoms with Crippen LogP contribution >= 0.6 is 11.6 Å². The van der Waals surface area contributed by atoms with Gasteiger partial charge in [0, 0.05) is 11.3 Å². The number of aryl methyl sites for hydroxylation is 2. The van der Waals surface area contributed by atoms with E-state index in [9.17, 15) is 18.0 Å². The Morgan fingerprint density at radius 3 is 2.23 bits per heavy atom. The second-order valence-electron chi connectivity index (χ2n) is 7.99. The molecule has 3 rings (SSSR count). The van der Waals surface area contributed by atoms with Crippen molar-refractivity contribution in [2.75, 3.05) is 15.4 Å². The summed E-state index contributed by atoms with van der Waals surface area (Å²) in [6.45, 7) is 7.17. The van der Waals surface area contributed by atoms with Crippen molar-refractivity contribution in [1.82, 2.24) is 0 Å². The highest BCUT2D eigenvalue weighted by atomic mass is 35.5. The predicted octanol–water partition coefficient (Wildman–Crippen LogP) is 4.42. The predicted molar refractivity (Wildman–Crippen MR) is 120 cm³/mol. The van der Waals surface area contributed by atoms with Gasteiger partial charge in [0.1, 0.15) is 0 Å². The number of nitrogens with zero attached hydrogens (tertiary/aromatic N) is 1. The molecule has 0 aliphatic carbocycles. The minimum Gasteiger partial charge on any atom is -0.321 e. The summed E-state index contributed by atoms with van der Waals surface area (Å²) in [5.74, 6) is -1.27. The Hall–Kier alpha value is -2.38. The van der Waals surface area contributed by atoms with E-state index in [-0.39, 0.29) is 22.0 Å². The molecule has 0 unspecified atom stereocenters. The van der Waals surface area contributed by atoms with Crippen LogP contribution in [0.4, 0.5) is 11.4 Å². The van der Waals surface area contributed by atoms with Crippen molar-refractivity contribution in [1.29, 1.82) is 0 Å². The van der Waals surface area contributed by atoms with Crippen LogP contribution < -0.4 is 9.62 Å². The lowest BCUT2D eigenvalue weighted by atomic mass is 9.95. The van der Waals surface area contributed by atoms with Crippen molar-refractivity contribution < 1.29 is 18.0 Å². The van der Waals surface area contributed by atoms with Crippen molar-refractivity contribution in [3.05, 3.63) is 58.1 Å². The van der Waals surface area contributed by atoms with Gasteiger partial charge in [0.25, 0.3) is 5.91 Å². The molecule has 1 saturated heterocycles. The maximum atomic E-state index is 13.0. The summed E-state index contributed by atoms with van der Waals surface area (Å²) in [6.07, 6.45) is 1.51. The number of sulfonamides is 1. The van der Waals surface area contributed by atoms with Gasteiger partial charge in [-0.15, -0.1) is 0 Å². The molecule has 6 nitrogen and oxygen atoms in total. The Morgan fingerprint density at radius 1 is 1.13 bits per heavy atom. The smallest absolute Gasteiger partial charge is 0.255 e. The summed E-state index contributed by atoms with van der Waals surface area (Å²) < 4.78 is 26.0. The maximum absolute atomic E-state index is 13.0. The van der Waals surface area contributed by atoms with Crippen LogP contribution in [0, 0.1) is 5.41 Å². The first-order valence-corrected chi connectivity index (χ1v) is 11.8. The molecule has 2 amide bonds. The number of carbonyl (C=O) groups excluding carboxylic acids is 2. The highest BCUT2D eigenvalue weighted by Crippen LogP contribution is 2.39. The Labute approximate surface area is 182 Å². The maximum Gasteiger partial charge on any atom is 0.255 e. The average Bonchev–Trinajstić information content (AvgIpc) is 2.84. The zero-order valence-corrected chi connectivity index (χ0v) is 19.0. The van der Waals surface area contributed by atoms with Crippen LogP contribution in [0.2, 0.25) is 5.02 Å². The van der Waals surface area contributed by atoms with Gasteiger partial charge >= 0.3 is 0 Å². The van der Waals surface area contributed by atoms with Gasteiger partial charge in [0.2, 0.25) is 15.9 Å². The molecule has 0 spiro atoms. The molecule has 1 aliphatic rings. The van der Waals surface area contributed by atoms with E-state index in [0.717, 1.165) is 34.0 Å². The number of rotatable bonds is 5. The molecule has 2 aromatic carbocycles. The molecular weight excluding hydrogens is 424 g/mol. The topological polar surface area (TPSA) is 83.6 Å². The van der Waals surface area contributed by atoms with E-state index in [0.29, 0.717) is 0 Å². The highest BCUT2D eigenvalue weighted by molar-refractivity contribution is 7.94. The third kappa shape index (κ3) is 3.96. The normalized spacial score (nSPS) is 17.2. The highest BCUT2D eigenvalue weighted by Gasteiger charge is 2.50. The number of amides is 2. The summed E-state index contributed by atoms with van der Waals surface area (Å²) in [5.41, 5.74) is 1.94. The van der Waals surface area contributed by atoms with Crippen molar-refractivity contribution in [2.45, 2.75) is 40.5 Å².